The Morgan fingerprint density at radius 3 is 2.40 bits per heavy atom. The summed E-state index contributed by atoms with van der Waals surface area (Å²) in [7, 11) is 0. The van der Waals surface area contributed by atoms with E-state index in [1.165, 1.54) is 0 Å². The van der Waals surface area contributed by atoms with Gasteiger partial charge in [-0.2, -0.15) is 0 Å². The Morgan fingerprint density at radius 1 is 1.27 bits per heavy atom. The first kappa shape index (κ1) is 11.6. The summed E-state index contributed by atoms with van der Waals surface area (Å²) in [6, 6.07) is 9.25. The van der Waals surface area contributed by atoms with Crippen LogP contribution in [0.1, 0.15) is 12.0 Å². The molecule has 0 aliphatic carbocycles. The Kier molecular flexibility index (Phi) is 4.17. The highest BCUT2D eigenvalue weighted by atomic mass is 32.1. The van der Waals surface area contributed by atoms with E-state index >= 15 is 0 Å². The van der Waals surface area contributed by atoms with Crippen LogP contribution in [0.5, 0.6) is 0 Å². The van der Waals surface area contributed by atoms with E-state index in [9.17, 15) is 9.59 Å². The summed E-state index contributed by atoms with van der Waals surface area (Å²) in [4.78, 5) is 21.5. The van der Waals surface area contributed by atoms with Crippen LogP contribution in [-0.2, 0) is 16.1 Å². The molecule has 0 atom stereocenters. The smallest absolute Gasteiger partial charge is 0.312 e. The lowest BCUT2D eigenvalue weighted by Gasteiger charge is -2.14. The van der Waals surface area contributed by atoms with Crippen molar-refractivity contribution >= 4 is 24.7 Å². The first-order valence-electron chi connectivity index (χ1n) is 4.34. The van der Waals surface area contributed by atoms with Crippen molar-refractivity contribution in [2.45, 2.75) is 13.0 Å². The van der Waals surface area contributed by atoms with Gasteiger partial charge in [0.05, 0.1) is 6.54 Å². The third kappa shape index (κ3) is 4.03. The van der Waals surface area contributed by atoms with Crippen LogP contribution in [0.2, 0.25) is 0 Å². The van der Waals surface area contributed by atoms with E-state index in [-0.39, 0.29) is 0 Å². The van der Waals surface area contributed by atoms with E-state index in [1.54, 1.807) is 0 Å². The standard InChI is InChI=1S/C10H11NO3S/c12-9(6-10(13)14)11(15)7-8-4-2-1-3-5-8/h1-5,15H,6-7H2,(H,13,14). The molecule has 0 saturated heterocycles. The second kappa shape index (κ2) is 5.41. The number of hydrogen-bond acceptors (Lipinski definition) is 3. The molecule has 0 bridgehead atoms. The van der Waals surface area contributed by atoms with Crippen molar-refractivity contribution in [3.05, 3.63) is 35.9 Å². The van der Waals surface area contributed by atoms with E-state index in [0.717, 1.165) is 9.87 Å². The summed E-state index contributed by atoms with van der Waals surface area (Å²) in [5.41, 5.74) is 0.909. The monoisotopic (exact) mass is 225 g/mol. The summed E-state index contributed by atoms with van der Waals surface area (Å²) in [5.74, 6) is -1.67. The molecule has 0 saturated carbocycles. The van der Waals surface area contributed by atoms with E-state index in [2.05, 4.69) is 12.8 Å². The molecule has 0 heterocycles. The van der Waals surface area contributed by atoms with Gasteiger partial charge in [0.15, 0.2) is 0 Å². The van der Waals surface area contributed by atoms with Gasteiger partial charge in [0, 0.05) is 0 Å². The van der Waals surface area contributed by atoms with Crippen molar-refractivity contribution in [2.24, 2.45) is 0 Å². The number of rotatable bonds is 4. The van der Waals surface area contributed by atoms with Gasteiger partial charge in [-0.25, -0.2) is 0 Å². The zero-order valence-electron chi connectivity index (χ0n) is 7.96. The maximum atomic E-state index is 11.2. The summed E-state index contributed by atoms with van der Waals surface area (Å²) in [6.45, 7) is 0.302. The molecule has 15 heavy (non-hydrogen) atoms. The average molecular weight is 225 g/mol. The van der Waals surface area contributed by atoms with Crippen LogP contribution in [0.25, 0.3) is 0 Å². The number of hydrogen-bond donors (Lipinski definition) is 2. The maximum absolute atomic E-state index is 11.2. The zero-order chi connectivity index (χ0) is 11.3. The largest absolute Gasteiger partial charge is 0.481 e. The van der Waals surface area contributed by atoms with Gasteiger partial charge in [-0.3, -0.25) is 13.9 Å². The summed E-state index contributed by atoms with van der Waals surface area (Å²) >= 11 is 3.93. The number of amides is 1. The first-order chi connectivity index (χ1) is 7.09. The Labute approximate surface area is 93.1 Å². The van der Waals surface area contributed by atoms with Crippen molar-refractivity contribution in [1.29, 1.82) is 0 Å². The summed E-state index contributed by atoms with van der Waals surface area (Å²) < 4.78 is 1.10. The predicted molar refractivity (Wildman–Crippen MR) is 58.2 cm³/mol. The summed E-state index contributed by atoms with van der Waals surface area (Å²) in [6.07, 6.45) is -0.531. The zero-order valence-corrected chi connectivity index (χ0v) is 8.85. The molecule has 0 aliphatic rings. The third-order valence-corrected chi connectivity index (χ3v) is 2.13. The highest BCUT2D eigenvalue weighted by Gasteiger charge is 2.13. The second-order valence-corrected chi connectivity index (χ2v) is 3.49. The van der Waals surface area contributed by atoms with Crippen molar-refractivity contribution in [3.63, 3.8) is 0 Å². The molecule has 1 aromatic rings. The minimum atomic E-state index is -1.15. The number of nitrogens with zero attached hydrogens (tertiary/aromatic N) is 1. The van der Waals surface area contributed by atoms with Gasteiger partial charge < -0.3 is 5.11 Å². The number of carbonyl (C=O) groups excluding carboxylic acids is 1. The Morgan fingerprint density at radius 2 is 1.87 bits per heavy atom. The van der Waals surface area contributed by atoms with Crippen molar-refractivity contribution < 1.29 is 14.7 Å². The molecular weight excluding hydrogens is 214 g/mol. The molecule has 0 radical (unpaired) electrons. The minimum Gasteiger partial charge on any atom is -0.481 e. The fourth-order valence-corrected chi connectivity index (χ4v) is 1.30. The van der Waals surface area contributed by atoms with Crippen LogP contribution >= 0.6 is 12.8 Å². The molecule has 0 fully saturated rings. The Bertz CT molecular complexity index is 353. The average Bonchev–Trinajstić information content (AvgIpc) is 2.18. The minimum absolute atomic E-state index is 0.302. The molecule has 0 unspecified atom stereocenters. The number of carboxylic acid groups (broad SMARTS) is 1. The molecule has 1 rings (SSSR count). The lowest BCUT2D eigenvalue weighted by atomic mass is 10.2. The Hall–Kier alpha value is -1.49. The molecule has 5 heteroatoms. The van der Waals surface area contributed by atoms with Crippen LogP contribution < -0.4 is 0 Å². The van der Waals surface area contributed by atoms with Crippen LogP contribution in [-0.4, -0.2) is 21.3 Å². The number of carbonyl (C=O) groups is 2. The molecule has 80 valence electrons. The topological polar surface area (TPSA) is 57.6 Å². The van der Waals surface area contributed by atoms with Crippen LogP contribution in [0.4, 0.5) is 0 Å². The highest BCUT2D eigenvalue weighted by Crippen LogP contribution is 2.07. The van der Waals surface area contributed by atoms with Crippen LogP contribution in [0.15, 0.2) is 30.3 Å². The number of aliphatic carboxylic acids is 1. The quantitative estimate of drug-likeness (QED) is 0.600. The van der Waals surface area contributed by atoms with Gasteiger partial charge in [0.25, 0.3) is 0 Å². The highest BCUT2D eigenvalue weighted by molar-refractivity contribution is 7.78. The maximum Gasteiger partial charge on any atom is 0.312 e. The van der Waals surface area contributed by atoms with Gasteiger partial charge >= 0.3 is 5.97 Å². The van der Waals surface area contributed by atoms with E-state index in [0.29, 0.717) is 6.54 Å². The SMILES string of the molecule is O=C(O)CC(=O)N(S)Cc1ccccc1. The van der Waals surface area contributed by atoms with E-state index < -0.39 is 18.3 Å². The fraction of sp³-hybridized carbons (Fsp3) is 0.200. The van der Waals surface area contributed by atoms with Gasteiger partial charge in [0.2, 0.25) is 5.91 Å². The van der Waals surface area contributed by atoms with Gasteiger partial charge in [-0.05, 0) is 5.56 Å². The van der Waals surface area contributed by atoms with E-state index in [4.69, 9.17) is 5.11 Å². The van der Waals surface area contributed by atoms with Crippen molar-refractivity contribution in [3.8, 4) is 0 Å². The third-order valence-electron chi connectivity index (χ3n) is 1.77. The lowest BCUT2D eigenvalue weighted by molar-refractivity contribution is -0.142. The lowest BCUT2D eigenvalue weighted by Crippen LogP contribution is -2.23. The predicted octanol–water partition coefficient (Wildman–Crippen LogP) is 1.33. The molecule has 1 aromatic carbocycles. The number of thiol groups is 1. The first-order valence-corrected chi connectivity index (χ1v) is 4.74. The van der Waals surface area contributed by atoms with Gasteiger partial charge in [-0.1, -0.05) is 43.1 Å². The number of benzene rings is 1. The second-order valence-electron chi connectivity index (χ2n) is 3.01. The van der Waals surface area contributed by atoms with Gasteiger partial charge in [-0.15, -0.1) is 0 Å². The van der Waals surface area contributed by atoms with Gasteiger partial charge in [0.1, 0.15) is 6.42 Å². The number of carboxylic acids is 1. The van der Waals surface area contributed by atoms with E-state index in [1.807, 2.05) is 30.3 Å². The molecule has 0 aromatic heterocycles. The molecule has 1 N–H and O–H groups in total. The fourth-order valence-electron chi connectivity index (χ4n) is 1.07. The summed E-state index contributed by atoms with van der Waals surface area (Å²) in [5, 5.41) is 8.42. The van der Waals surface area contributed by atoms with Crippen molar-refractivity contribution in [2.75, 3.05) is 0 Å². The molecule has 4 nitrogen and oxygen atoms in total. The molecular formula is C10H11NO3S. The normalized spacial score (nSPS) is 9.67. The van der Waals surface area contributed by atoms with Crippen LogP contribution in [0.3, 0.4) is 0 Å². The Balaban J connectivity index is 2.52. The van der Waals surface area contributed by atoms with Crippen LogP contribution in [0, 0.1) is 0 Å². The molecule has 0 aliphatic heterocycles. The molecule has 0 spiro atoms. The molecule has 1 amide bonds. The van der Waals surface area contributed by atoms with Crippen molar-refractivity contribution in [1.82, 2.24) is 4.31 Å².